The molecule has 1 nitrogen and oxygen atoms in total. The first-order valence-electron chi connectivity index (χ1n) is 6.17. The molecule has 1 N–H and O–H groups in total. The minimum absolute atomic E-state index is 0.194. The summed E-state index contributed by atoms with van der Waals surface area (Å²) in [4.78, 5) is 0. The molecule has 0 saturated carbocycles. The van der Waals surface area contributed by atoms with E-state index in [1.165, 1.54) is 6.42 Å². The Morgan fingerprint density at radius 2 is 1.94 bits per heavy atom. The average Bonchev–Trinajstić information content (AvgIpc) is 2.28. The van der Waals surface area contributed by atoms with E-state index >= 15 is 0 Å². The molecule has 96 valence electrons. The maximum atomic E-state index is 13.6. The van der Waals surface area contributed by atoms with Gasteiger partial charge < -0.3 is 5.32 Å². The van der Waals surface area contributed by atoms with Crippen LogP contribution < -0.4 is 5.32 Å². The third kappa shape index (κ3) is 5.05. The minimum Gasteiger partial charge on any atom is -0.310 e. The summed E-state index contributed by atoms with van der Waals surface area (Å²) in [5.74, 6) is 0.403. The minimum atomic E-state index is -0.308. The van der Waals surface area contributed by atoms with Crippen LogP contribution in [0.25, 0.3) is 0 Å². The van der Waals surface area contributed by atoms with Crippen molar-refractivity contribution >= 4 is 11.6 Å². The van der Waals surface area contributed by atoms with E-state index < -0.39 is 0 Å². The molecular weight excluding hydrogens is 237 g/mol. The molecule has 0 spiro atoms. The molecule has 0 aliphatic heterocycles. The van der Waals surface area contributed by atoms with Crippen molar-refractivity contribution in [1.82, 2.24) is 5.32 Å². The zero-order valence-corrected chi connectivity index (χ0v) is 11.5. The maximum absolute atomic E-state index is 13.6. The van der Waals surface area contributed by atoms with Gasteiger partial charge in [-0.15, -0.1) is 0 Å². The molecule has 3 heteroatoms. The molecule has 0 heterocycles. The van der Waals surface area contributed by atoms with E-state index in [9.17, 15) is 4.39 Å². The van der Waals surface area contributed by atoms with Gasteiger partial charge in [-0.3, -0.25) is 0 Å². The number of hydrogen-bond donors (Lipinski definition) is 1. The van der Waals surface area contributed by atoms with E-state index in [0.29, 0.717) is 24.1 Å². The molecule has 17 heavy (non-hydrogen) atoms. The summed E-state index contributed by atoms with van der Waals surface area (Å²) < 4.78 is 13.6. The van der Waals surface area contributed by atoms with Gasteiger partial charge in [-0.2, -0.15) is 0 Å². The van der Waals surface area contributed by atoms with Crippen LogP contribution in [0.5, 0.6) is 0 Å². The smallest absolute Gasteiger partial charge is 0.146 e. The lowest BCUT2D eigenvalue weighted by Crippen LogP contribution is -2.26. The van der Waals surface area contributed by atoms with E-state index in [-0.39, 0.29) is 10.8 Å². The van der Waals surface area contributed by atoms with Crippen LogP contribution >= 0.6 is 11.6 Å². The molecule has 0 fully saturated rings. The molecule has 0 bridgehead atoms. The second-order valence-corrected chi connectivity index (χ2v) is 5.37. The van der Waals surface area contributed by atoms with Gasteiger partial charge >= 0.3 is 0 Å². The van der Waals surface area contributed by atoms with Gasteiger partial charge in [0.2, 0.25) is 0 Å². The Morgan fingerprint density at radius 1 is 1.24 bits per heavy atom. The predicted molar refractivity (Wildman–Crippen MR) is 71.8 cm³/mol. The van der Waals surface area contributed by atoms with Crippen LogP contribution in [-0.4, -0.2) is 6.04 Å². The fourth-order valence-corrected chi connectivity index (χ4v) is 1.85. The highest BCUT2D eigenvalue weighted by Gasteiger charge is 2.08. The van der Waals surface area contributed by atoms with E-state index in [1.807, 2.05) is 0 Å². The first kappa shape index (κ1) is 14.5. The normalized spacial score (nSPS) is 13.1. The second-order valence-electron chi connectivity index (χ2n) is 4.97. The number of benzene rings is 1. The lowest BCUT2D eigenvalue weighted by atomic mass is 10.0. The van der Waals surface area contributed by atoms with Crippen molar-refractivity contribution in [3.63, 3.8) is 0 Å². The molecule has 0 aliphatic carbocycles. The van der Waals surface area contributed by atoms with Crippen molar-refractivity contribution in [2.45, 2.75) is 46.2 Å². The van der Waals surface area contributed by atoms with E-state index in [1.54, 1.807) is 18.2 Å². The third-order valence-electron chi connectivity index (χ3n) is 2.85. The highest BCUT2D eigenvalue weighted by molar-refractivity contribution is 6.30. The number of rotatable bonds is 6. The Labute approximate surface area is 108 Å². The molecule has 0 saturated heterocycles. The second kappa shape index (κ2) is 6.97. The Hall–Kier alpha value is -0.600. The summed E-state index contributed by atoms with van der Waals surface area (Å²) in [6.07, 6.45) is 2.30. The van der Waals surface area contributed by atoms with Crippen LogP contribution in [0.15, 0.2) is 18.2 Å². The van der Waals surface area contributed by atoms with Gasteiger partial charge in [-0.05, 0) is 31.7 Å². The SMILES string of the molecule is CC(C)CCC(C)NCc1cccc(Cl)c1F. The monoisotopic (exact) mass is 257 g/mol. The predicted octanol–water partition coefficient (Wildman–Crippen LogP) is 4.39. The van der Waals surface area contributed by atoms with Crippen molar-refractivity contribution < 1.29 is 4.39 Å². The molecule has 1 atom stereocenters. The zero-order chi connectivity index (χ0) is 12.8. The molecule has 1 rings (SSSR count). The van der Waals surface area contributed by atoms with Crippen LogP contribution in [0.1, 0.15) is 39.2 Å². The molecule has 0 radical (unpaired) electrons. The quantitative estimate of drug-likeness (QED) is 0.797. The summed E-state index contributed by atoms with van der Waals surface area (Å²) in [5.41, 5.74) is 0.633. The Kier molecular flexibility index (Phi) is 5.93. The average molecular weight is 258 g/mol. The Morgan fingerprint density at radius 3 is 2.59 bits per heavy atom. The highest BCUT2D eigenvalue weighted by atomic mass is 35.5. The van der Waals surface area contributed by atoms with Crippen LogP contribution in [0, 0.1) is 11.7 Å². The summed E-state index contributed by atoms with van der Waals surface area (Å²) in [7, 11) is 0. The molecule has 0 aliphatic rings. The van der Waals surface area contributed by atoms with Gasteiger partial charge in [0.15, 0.2) is 0 Å². The fourth-order valence-electron chi connectivity index (χ4n) is 1.65. The van der Waals surface area contributed by atoms with Gasteiger partial charge in [0.1, 0.15) is 5.82 Å². The maximum Gasteiger partial charge on any atom is 0.146 e. The molecular formula is C14H21ClFN. The van der Waals surface area contributed by atoms with Crippen LogP contribution in [0.4, 0.5) is 4.39 Å². The Balaban J connectivity index is 2.42. The van der Waals surface area contributed by atoms with E-state index in [4.69, 9.17) is 11.6 Å². The van der Waals surface area contributed by atoms with Crippen molar-refractivity contribution in [3.8, 4) is 0 Å². The van der Waals surface area contributed by atoms with Gasteiger partial charge in [-0.25, -0.2) is 4.39 Å². The topological polar surface area (TPSA) is 12.0 Å². The van der Waals surface area contributed by atoms with Gasteiger partial charge in [-0.1, -0.05) is 37.6 Å². The van der Waals surface area contributed by atoms with Crippen LogP contribution in [0.3, 0.4) is 0 Å². The van der Waals surface area contributed by atoms with E-state index in [0.717, 1.165) is 6.42 Å². The first-order chi connectivity index (χ1) is 8.00. The third-order valence-corrected chi connectivity index (χ3v) is 3.14. The zero-order valence-electron chi connectivity index (χ0n) is 10.8. The molecule has 1 aromatic carbocycles. The van der Waals surface area contributed by atoms with Gasteiger partial charge in [0.05, 0.1) is 5.02 Å². The van der Waals surface area contributed by atoms with Crippen LogP contribution in [0.2, 0.25) is 5.02 Å². The fraction of sp³-hybridized carbons (Fsp3) is 0.571. The van der Waals surface area contributed by atoms with E-state index in [2.05, 4.69) is 26.1 Å². The first-order valence-corrected chi connectivity index (χ1v) is 6.54. The lowest BCUT2D eigenvalue weighted by Gasteiger charge is -2.15. The molecule has 0 amide bonds. The van der Waals surface area contributed by atoms with Crippen molar-refractivity contribution in [2.24, 2.45) is 5.92 Å². The highest BCUT2D eigenvalue weighted by Crippen LogP contribution is 2.18. The van der Waals surface area contributed by atoms with Gasteiger partial charge in [0.25, 0.3) is 0 Å². The van der Waals surface area contributed by atoms with Crippen molar-refractivity contribution in [1.29, 1.82) is 0 Å². The summed E-state index contributed by atoms with van der Waals surface area (Å²) in [5, 5.41) is 3.52. The summed E-state index contributed by atoms with van der Waals surface area (Å²) in [6.45, 7) is 7.09. The number of hydrogen-bond acceptors (Lipinski definition) is 1. The summed E-state index contributed by atoms with van der Waals surface area (Å²) >= 11 is 5.73. The number of halogens is 2. The molecule has 0 aromatic heterocycles. The number of nitrogens with one attached hydrogen (secondary N) is 1. The molecule has 1 aromatic rings. The van der Waals surface area contributed by atoms with Crippen LogP contribution in [-0.2, 0) is 6.54 Å². The van der Waals surface area contributed by atoms with Crippen molar-refractivity contribution in [2.75, 3.05) is 0 Å². The molecule has 1 unspecified atom stereocenters. The summed E-state index contributed by atoms with van der Waals surface area (Å²) in [6, 6.07) is 5.52. The standard InChI is InChI=1S/C14H21ClFN/c1-10(2)7-8-11(3)17-9-12-5-4-6-13(15)14(12)16/h4-6,10-11,17H,7-9H2,1-3H3. The lowest BCUT2D eigenvalue weighted by molar-refractivity contribution is 0.446. The van der Waals surface area contributed by atoms with Crippen molar-refractivity contribution in [3.05, 3.63) is 34.6 Å². The Bertz CT molecular complexity index is 352. The van der Waals surface area contributed by atoms with Gasteiger partial charge in [0, 0.05) is 18.2 Å². The largest absolute Gasteiger partial charge is 0.310 e.